The van der Waals surface area contributed by atoms with Gasteiger partial charge in [-0.3, -0.25) is 4.79 Å². The van der Waals surface area contributed by atoms with Gasteiger partial charge in [-0.05, 0) is 24.8 Å². The number of nitrogens with zero attached hydrogens (tertiary/aromatic N) is 1. The molecule has 0 amide bonds. The molecule has 1 aliphatic heterocycles. The third-order valence-corrected chi connectivity index (χ3v) is 5.71. The first kappa shape index (κ1) is 16.0. The molecule has 0 radical (unpaired) electrons. The van der Waals surface area contributed by atoms with E-state index in [1.165, 1.54) is 4.31 Å². The van der Waals surface area contributed by atoms with Crippen LogP contribution in [0.3, 0.4) is 0 Å². The van der Waals surface area contributed by atoms with E-state index in [0.717, 1.165) is 24.8 Å². The summed E-state index contributed by atoms with van der Waals surface area (Å²) in [5.41, 5.74) is 0.947. The summed E-state index contributed by atoms with van der Waals surface area (Å²) in [6, 6.07) is 8.47. The van der Waals surface area contributed by atoms with Crippen molar-refractivity contribution >= 4 is 16.0 Å². The quantitative estimate of drug-likeness (QED) is 0.901. The van der Waals surface area contributed by atoms with Gasteiger partial charge in [0.25, 0.3) is 0 Å². The fourth-order valence-corrected chi connectivity index (χ4v) is 4.39. The number of hydrogen-bond donors (Lipinski definition) is 1. The summed E-state index contributed by atoms with van der Waals surface area (Å²) in [6.45, 7) is 0.314. The van der Waals surface area contributed by atoms with E-state index in [2.05, 4.69) is 0 Å². The molecule has 1 N–H and O–H groups in total. The van der Waals surface area contributed by atoms with Crippen LogP contribution in [0.5, 0.6) is 0 Å². The second-order valence-electron chi connectivity index (χ2n) is 5.37. The van der Waals surface area contributed by atoms with Gasteiger partial charge in [0.15, 0.2) is 0 Å². The van der Waals surface area contributed by atoms with Crippen molar-refractivity contribution in [2.75, 3.05) is 12.3 Å². The zero-order valence-electron chi connectivity index (χ0n) is 11.9. The lowest BCUT2D eigenvalue weighted by molar-refractivity contribution is -0.141. The molecule has 1 heterocycles. The summed E-state index contributed by atoms with van der Waals surface area (Å²) < 4.78 is 26.2. The van der Waals surface area contributed by atoms with Crippen LogP contribution in [0, 0.1) is 0 Å². The van der Waals surface area contributed by atoms with Gasteiger partial charge < -0.3 is 5.11 Å². The molecule has 1 fully saturated rings. The molecule has 0 spiro atoms. The van der Waals surface area contributed by atoms with Crippen LogP contribution >= 0.6 is 0 Å². The van der Waals surface area contributed by atoms with Gasteiger partial charge in [-0.2, -0.15) is 4.31 Å². The van der Waals surface area contributed by atoms with Crippen LogP contribution in [-0.2, 0) is 21.2 Å². The van der Waals surface area contributed by atoms with Crippen LogP contribution in [0.25, 0.3) is 0 Å². The summed E-state index contributed by atoms with van der Waals surface area (Å²) in [6.07, 6.45) is 3.19. The second-order valence-corrected chi connectivity index (χ2v) is 7.41. The van der Waals surface area contributed by atoms with E-state index in [9.17, 15) is 18.3 Å². The van der Waals surface area contributed by atoms with Crippen LogP contribution in [-0.4, -0.2) is 42.1 Å². The number of aliphatic carboxylic acids is 1. The normalized spacial score (nSPS) is 20.9. The minimum atomic E-state index is -3.55. The third kappa shape index (κ3) is 4.28. The van der Waals surface area contributed by atoms with Crippen molar-refractivity contribution in [3.8, 4) is 0 Å². The fraction of sp³-hybridized carbons (Fsp3) is 0.533. The van der Waals surface area contributed by atoms with Gasteiger partial charge in [0.05, 0.1) is 5.75 Å². The highest BCUT2D eigenvalue weighted by Crippen LogP contribution is 2.21. The molecule has 0 saturated carbocycles. The Labute approximate surface area is 125 Å². The Morgan fingerprint density at radius 1 is 1.19 bits per heavy atom. The molecule has 21 heavy (non-hydrogen) atoms. The highest BCUT2D eigenvalue weighted by Gasteiger charge is 2.35. The number of benzene rings is 1. The molecule has 2 rings (SSSR count). The Morgan fingerprint density at radius 2 is 1.90 bits per heavy atom. The summed E-state index contributed by atoms with van der Waals surface area (Å²) in [4.78, 5) is 11.3. The second kappa shape index (κ2) is 7.04. The zero-order chi connectivity index (χ0) is 15.3. The van der Waals surface area contributed by atoms with Gasteiger partial charge in [-0.1, -0.05) is 43.2 Å². The minimum Gasteiger partial charge on any atom is -0.480 e. The SMILES string of the molecule is O=C(O)C1CCCCCN1S(=O)(=O)CCc1ccccc1. The summed E-state index contributed by atoms with van der Waals surface area (Å²) in [7, 11) is -3.55. The monoisotopic (exact) mass is 311 g/mol. The van der Waals surface area contributed by atoms with Gasteiger partial charge >= 0.3 is 5.97 Å². The number of carbonyl (C=O) groups is 1. The van der Waals surface area contributed by atoms with Crippen LogP contribution in [0.2, 0.25) is 0 Å². The Hall–Kier alpha value is -1.40. The maximum absolute atomic E-state index is 12.5. The van der Waals surface area contributed by atoms with E-state index in [4.69, 9.17) is 0 Å². The molecule has 1 aromatic carbocycles. The molecule has 0 aromatic heterocycles. The van der Waals surface area contributed by atoms with Crippen molar-refractivity contribution < 1.29 is 18.3 Å². The van der Waals surface area contributed by atoms with Gasteiger partial charge in [-0.25, -0.2) is 8.42 Å². The summed E-state index contributed by atoms with van der Waals surface area (Å²) in [5.74, 6) is -1.08. The largest absolute Gasteiger partial charge is 0.480 e. The average molecular weight is 311 g/mol. The molecule has 5 nitrogen and oxygen atoms in total. The topological polar surface area (TPSA) is 74.7 Å². The number of sulfonamides is 1. The van der Waals surface area contributed by atoms with Crippen LogP contribution in [0.1, 0.15) is 31.2 Å². The molecule has 0 bridgehead atoms. The Morgan fingerprint density at radius 3 is 2.57 bits per heavy atom. The lowest BCUT2D eigenvalue weighted by Crippen LogP contribution is -2.45. The predicted molar refractivity (Wildman–Crippen MR) is 80.5 cm³/mol. The number of rotatable bonds is 5. The maximum atomic E-state index is 12.5. The van der Waals surface area contributed by atoms with E-state index in [1.807, 2.05) is 30.3 Å². The first-order valence-electron chi connectivity index (χ1n) is 7.27. The Bertz CT molecular complexity index is 571. The third-order valence-electron chi connectivity index (χ3n) is 3.84. The van der Waals surface area contributed by atoms with Gasteiger partial charge in [0.2, 0.25) is 10.0 Å². The summed E-state index contributed by atoms with van der Waals surface area (Å²) >= 11 is 0. The average Bonchev–Trinajstić information content (AvgIpc) is 2.73. The van der Waals surface area contributed by atoms with E-state index < -0.39 is 22.0 Å². The summed E-state index contributed by atoms with van der Waals surface area (Å²) in [5, 5.41) is 9.28. The highest BCUT2D eigenvalue weighted by molar-refractivity contribution is 7.89. The predicted octanol–water partition coefficient (Wildman–Crippen LogP) is 1.89. The molecule has 1 saturated heterocycles. The zero-order valence-corrected chi connectivity index (χ0v) is 12.8. The molecule has 1 aromatic rings. The van der Waals surface area contributed by atoms with E-state index in [1.54, 1.807) is 0 Å². The van der Waals surface area contributed by atoms with E-state index >= 15 is 0 Å². The van der Waals surface area contributed by atoms with Crippen molar-refractivity contribution in [3.63, 3.8) is 0 Å². The smallest absolute Gasteiger partial charge is 0.322 e. The van der Waals surface area contributed by atoms with Crippen molar-refractivity contribution in [2.24, 2.45) is 0 Å². The molecule has 1 atom stereocenters. The molecule has 1 unspecified atom stereocenters. The van der Waals surface area contributed by atoms with Crippen molar-refractivity contribution in [1.29, 1.82) is 0 Å². The van der Waals surface area contributed by atoms with Gasteiger partial charge in [0.1, 0.15) is 6.04 Å². The lowest BCUT2D eigenvalue weighted by atomic mass is 10.1. The van der Waals surface area contributed by atoms with E-state index in [0.29, 0.717) is 19.4 Å². The molecular formula is C15H21NO4S. The lowest BCUT2D eigenvalue weighted by Gasteiger charge is -2.26. The maximum Gasteiger partial charge on any atom is 0.322 e. The number of aryl methyl sites for hydroxylation is 1. The molecule has 116 valence electrons. The van der Waals surface area contributed by atoms with Crippen LogP contribution < -0.4 is 0 Å². The van der Waals surface area contributed by atoms with Crippen molar-refractivity contribution in [1.82, 2.24) is 4.31 Å². The molecular weight excluding hydrogens is 290 g/mol. The van der Waals surface area contributed by atoms with Crippen LogP contribution in [0.4, 0.5) is 0 Å². The fourth-order valence-electron chi connectivity index (χ4n) is 2.67. The van der Waals surface area contributed by atoms with Crippen molar-refractivity contribution in [2.45, 2.75) is 38.1 Å². The number of hydrogen-bond acceptors (Lipinski definition) is 3. The minimum absolute atomic E-state index is 0.0409. The molecule has 0 aliphatic carbocycles. The van der Waals surface area contributed by atoms with Gasteiger partial charge in [0, 0.05) is 6.54 Å². The highest BCUT2D eigenvalue weighted by atomic mass is 32.2. The Balaban J connectivity index is 2.10. The number of carboxylic acid groups (broad SMARTS) is 1. The molecule has 6 heteroatoms. The Kier molecular flexibility index (Phi) is 5.36. The van der Waals surface area contributed by atoms with Crippen molar-refractivity contribution in [3.05, 3.63) is 35.9 Å². The van der Waals surface area contributed by atoms with Crippen LogP contribution in [0.15, 0.2) is 30.3 Å². The first-order valence-corrected chi connectivity index (χ1v) is 8.88. The first-order chi connectivity index (χ1) is 10.0. The standard InChI is InChI=1S/C15H21NO4S/c17-15(18)14-9-5-2-6-11-16(14)21(19,20)12-10-13-7-3-1-4-8-13/h1,3-4,7-8,14H,2,5-6,9-12H2,(H,17,18). The number of carboxylic acids is 1. The van der Waals surface area contributed by atoms with E-state index in [-0.39, 0.29) is 5.75 Å². The van der Waals surface area contributed by atoms with Gasteiger partial charge in [-0.15, -0.1) is 0 Å². The molecule has 1 aliphatic rings.